The van der Waals surface area contributed by atoms with Crippen LogP contribution in [0.4, 0.5) is 0 Å². The smallest absolute Gasteiger partial charge is 0.279 e. The molecule has 1 amide bonds. The van der Waals surface area contributed by atoms with Crippen molar-refractivity contribution in [3.8, 4) is 0 Å². The van der Waals surface area contributed by atoms with Crippen LogP contribution >= 0.6 is 12.2 Å². The highest BCUT2D eigenvalue weighted by atomic mass is 32.1. The highest BCUT2D eigenvalue weighted by Crippen LogP contribution is 2.12. The first-order valence-electron chi connectivity index (χ1n) is 10.1. The zero-order chi connectivity index (χ0) is 22.7. The van der Waals surface area contributed by atoms with Gasteiger partial charge in [0, 0.05) is 24.8 Å². The van der Waals surface area contributed by atoms with Gasteiger partial charge in [0.1, 0.15) is 5.49 Å². The molecule has 7 heteroatoms. The summed E-state index contributed by atoms with van der Waals surface area (Å²) in [6.45, 7) is 6.61. The van der Waals surface area contributed by atoms with Gasteiger partial charge in [0.15, 0.2) is 4.77 Å². The molecule has 0 radical (unpaired) electrons. The van der Waals surface area contributed by atoms with Crippen LogP contribution in [0.3, 0.4) is 0 Å². The van der Waals surface area contributed by atoms with Gasteiger partial charge in [0.25, 0.3) is 11.5 Å². The fraction of sp³-hybridized carbons (Fsp3) is 0.120. The minimum Gasteiger partial charge on any atom is -0.332 e. The van der Waals surface area contributed by atoms with Gasteiger partial charge >= 0.3 is 0 Å². The number of hydrogen-bond acceptors (Lipinski definition) is 3. The lowest BCUT2D eigenvalue weighted by Gasteiger charge is -2.08. The number of carbonyl (C=O) groups is 1. The van der Waals surface area contributed by atoms with Gasteiger partial charge in [0.2, 0.25) is 0 Å². The number of H-pyrrole nitrogens is 1. The van der Waals surface area contributed by atoms with Crippen LogP contribution in [0.25, 0.3) is 10.9 Å². The predicted molar refractivity (Wildman–Crippen MR) is 128 cm³/mol. The van der Waals surface area contributed by atoms with Gasteiger partial charge in [-0.25, -0.2) is 0 Å². The standard InChI is InChI=1S/C25H22N4O2S/c1-3-13-29-24(31)20-12-11-19(15-21(20)26-25(29)32)23(30)27-22-6-4-5-14-28(22)16-18-9-7-17(2)8-10-18/h3-12,14-15H,1,13,16H2,2H3,(H,26,32). The molecular formula is C25H22N4O2S. The second-order valence-corrected chi connectivity index (χ2v) is 7.87. The quantitative estimate of drug-likeness (QED) is 0.373. The Morgan fingerprint density at radius 3 is 2.69 bits per heavy atom. The number of allylic oxidation sites excluding steroid dienone is 1. The Morgan fingerprint density at radius 1 is 1.16 bits per heavy atom. The van der Waals surface area contributed by atoms with Gasteiger partial charge in [-0.05, 0) is 55.0 Å². The third-order valence-corrected chi connectivity index (χ3v) is 5.47. The van der Waals surface area contributed by atoms with Gasteiger partial charge in [-0.2, -0.15) is 4.99 Å². The summed E-state index contributed by atoms with van der Waals surface area (Å²) >= 11 is 5.28. The summed E-state index contributed by atoms with van der Waals surface area (Å²) < 4.78 is 3.63. The molecule has 0 aliphatic carbocycles. The molecule has 0 aliphatic heterocycles. The van der Waals surface area contributed by atoms with Crippen molar-refractivity contribution in [1.82, 2.24) is 14.1 Å². The number of rotatable bonds is 5. The molecule has 2 aromatic carbocycles. The lowest BCUT2D eigenvalue weighted by molar-refractivity contribution is 0.0997. The Hall–Kier alpha value is -3.84. The summed E-state index contributed by atoms with van der Waals surface area (Å²) in [5.41, 5.74) is 3.51. The minimum atomic E-state index is -0.398. The summed E-state index contributed by atoms with van der Waals surface area (Å²) in [7, 11) is 0. The van der Waals surface area contributed by atoms with Crippen molar-refractivity contribution in [1.29, 1.82) is 0 Å². The predicted octanol–water partition coefficient (Wildman–Crippen LogP) is 4.14. The Bertz CT molecular complexity index is 1510. The topological polar surface area (TPSA) is 72.2 Å². The molecule has 0 aliphatic rings. The second-order valence-electron chi connectivity index (χ2n) is 7.48. The summed E-state index contributed by atoms with van der Waals surface area (Å²) in [6.07, 6.45) is 3.51. The molecule has 4 aromatic rings. The van der Waals surface area contributed by atoms with Crippen LogP contribution in [-0.4, -0.2) is 20.0 Å². The lowest BCUT2D eigenvalue weighted by atomic mass is 10.1. The maximum atomic E-state index is 12.9. The van der Waals surface area contributed by atoms with E-state index in [-0.39, 0.29) is 10.3 Å². The van der Waals surface area contributed by atoms with Crippen LogP contribution in [0.2, 0.25) is 0 Å². The molecule has 2 aromatic heterocycles. The fourth-order valence-electron chi connectivity index (χ4n) is 3.44. The van der Waals surface area contributed by atoms with Crippen LogP contribution in [0.5, 0.6) is 0 Å². The van der Waals surface area contributed by atoms with Crippen molar-refractivity contribution in [2.45, 2.75) is 20.0 Å². The minimum absolute atomic E-state index is 0.224. The Labute approximate surface area is 189 Å². The van der Waals surface area contributed by atoms with E-state index < -0.39 is 5.91 Å². The lowest BCUT2D eigenvalue weighted by Crippen LogP contribution is -2.22. The van der Waals surface area contributed by atoms with Crippen LogP contribution in [-0.2, 0) is 13.1 Å². The van der Waals surface area contributed by atoms with Crippen molar-refractivity contribution in [3.63, 3.8) is 0 Å². The van der Waals surface area contributed by atoms with Crippen molar-refractivity contribution in [2.75, 3.05) is 0 Å². The number of aromatic amines is 1. The molecule has 0 atom stereocenters. The fourth-order valence-corrected chi connectivity index (χ4v) is 3.71. The summed E-state index contributed by atoms with van der Waals surface area (Å²) in [4.78, 5) is 32.9. The van der Waals surface area contributed by atoms with Crippen LogP contribution < -0.4 is 11.0 Å². The summed E-state index contributed by atoms with van der Waals surface area (Å²) in [6, 6.07) is 18.6. The summed E-state index contributed by atoms with van der Waals surface area (Å²) in [5.74, 6) is -0.398. The van der Waals surface area contributed by atoms with E-state index in [0.29, 0.717) is 35.0 Å². The summed E-state index contributed by atoms with van der Waals surface area (Å²) in [5, 5.41) is 0.450. The van der Waals surface area contributed by atoms with Crippen LogP contribution in [0.15, 0.2) is 89.3 Å². The van der Waals surface area contributed by atoms with E-state index in [4.69, 9.17) is 12.2 Å². The molecule has 0 saturated carbocycles. The molecule has 0 unspecified atom stereocenters. The third kappa shape index (κ3) is 4.43. The zero-order valence-corrected chi connectivity index (χ0v) is 18.4. The van der Waals surface area contributed by atoms with Gasteiger partial charge in [-0.15, -0.1) is 6.58 Å². The van der Waals surface area contributed by atoms with E-state index >= 15 is 0 Å². The van der Waals surface area contributed by atoms with E-state index in [1.807, 2.05) is 29.8 Å². The molecular weight excluding hydrogens is 420 g/mol. The van der Waals surface area contributed by atoms with E-state index in [2.05, 4.69) is 40.8 Å². The number of fused-ring (bicyclic) bond motifs is 1. The number of aromatic nitrogens is 3. The van der Waals surface area contributed by atoms with Gasteiger partial charge in [0.05, 0.1) is 10.9 Å². The number of hydrogen-bond donors (Lipinski definition) is 1. The average molecular weight is 443 g/mol. The van der Waals surface area contributed by atoms with Crippen LogP contribution in [0, 0.1) is 11.7 Å². The number of pyridine rings is 1. The first-order chi connectivity index (χ1) is 15.5. The number of nitrogens with one attached hydrogen (secondary N) is 1. The maximum absolute atomic E-state index is 12.9. The molecule has 0 fully saturated rings. The molecule has 1 N–H and O–H groups in total. The maximum Gasteiger partial charge on any atom is 0.279 e. The highest BCUT2D eigenvalue weighted by molar-refractivity contribution is 7.71. The monoisotopic (exact) mass is 442 g/mol. The number of amides is 1. The van der Waals surface area contributed by atoms with E-state index in [9.17, 15) is 9.59 Å². The number of carbonyl (C=O) groups excluding carboxylic acids is 1. The van der Waals surface area contributed by atoms with Crippen LogP contribution in [0.1, 0.15) is 21.5 Å². The molecule has 160 valence electrons. The van der Waals surface area contributed by atoms with E-state index in [1.54, 1.807) is 30.3 Å². The van der Waals surface area contributed by atoms with Crippen molar-refractivity contribution in [3.05, 3.63) is 117 Å². The van der Waals surface area contributed by atoms with Crippen molar-refractivity contribution >= 4 is 29.0 Å². The Kier molecular flexibility index (Phi) is 6.09. The number of benzene rings is 2. The highest BCUT2D eigenvalue weighted by Gasteiger charge is 2.10. The first kappa shape index (κ1) is 21.4. The van der Waals surface area contributed by atoms with Gasteiger partial charge in [-0.1, -0.05) is 42.0 Å². The molecule has 2 heterocycles. The zero-order valence-electron chi connectivity index (χ0n) is 17.6. The molecule has 0 saturated heterocycles. The largest absolute Gasteiger partial charge is 0.332 e. The molecule has 6 nitrogen and oxygen atoms in total. The first-order valence-corrected chi connectivity index (χ1v) is 10.5. The third-order valence-electron chi connectivity index (χ3n) is 5.15. The second kappa shape index (κ2) is 9.11. The van der Waals surface area contributed by atoms with Gasteiger partial charge in [-0.3, -0.25) is 14.2 Å². The molecule has 0 bridgehead atoms. The molecule has 32 heavy (non-hydrogen) atoms. The molecule has 0 spiro atoms. The number of nitrogens with zero attached hydrogens (tertiary/aromatic N) is 3. The average Bonchev–Trinajstić information content (AvgIpc) is 2.79. The van der Waals surface area contributed by atoms with E-state index in [0.717, 1.165) is 5.56 Å². The number of aryl methyl sites for hydroxylation is 1. The van der Waals surface area contributed by atoms with Crippen molar-refractivity contribution in [2.24, 2.45) is 4.99 Å². The SMILES string of the molecule is C=CCn1c(=S)[nH]c2cc(C(=O)N=c3ccccn3Cc3ccc(C)cc3)ccc2c1=O. The van der Waals surface area contributed by atoms with E-state index in [1.165, 1.54) is 10.1 Å². The normalized spacial score (nSPS) is 11.6. The Morgan fingerprint density at radius 2 is 1.94 bits per heavy atom. The van der Waals surface area contributed by atoms with Gasteiger partial charge < -0.3 is 9.55 Å². The van der Waals surface area contributed by atoms with Crippen molar-refractivity contribution < 1.29 is 4.79 Å². The molecule has 4 rings (SSSR count). The Balaban J connectivity index is 1.71.